The van der Waals surface area contributed by atoms with Gasteiger partial charge in [-0.3, -0.25) is 4.79 Å². The van der Waals surface area contributed by atoms with Gasteiger partial charge in [0.1, 0.15) is 17.0 Å². The number of hydrogen-bond acceptors (Lipinski definition) is 2. The second-order valence-electron chi connectivity index (χ2n) is 2.96. The molecule has 1 heterocycles. The Morgan fingerprint density at radius 3 is 2.62 bits per heavy atom. The number of rotatable bonds is 4. The third kappa shape index (κ3) is 3.33. The summed E-state index contributed by atoms with van der Waals surface area (Å²) in [6.45, 7) is -0.551. The van der Waals surface area contributed by atoms with Crippen LogP contribution in [0.1, 0.15) is 10.5 Å². The molecule has 0 spiro atoms. The molecule has 4 nitrogen and oxygen atoms in total. The van der Waals surface area contributed by atoms with Crippen molar-refractivity contribution in [2.45, 2.75) is 12.5 Å². The topological polar surface area (TPSA) is 65.1 Å². The first-order valence-electron chi connectivity index (χ1n) is 4.20. The summed E-state index contributed by atoms with van der Waals surface area (Å²) in [5.41, 5.74) is 0.0384. The Labute approximate surface area is 99.5 Å². The van der Waals surface area contributed by atoms with E-state index in [1.807, 2.05) is 0 Å². The van der Waals surface area contributed by atoms with Crippen molar-refractivity contribution in [1.82, 2.24) is 10.3 Å². The fourth-order valence-electron chi connectivity index (χ4n) is 0.908. The number of aliphatic hydroxyl groups is 1. The Bertz CT molecular complexity index is 365. The number of amides is 1. The van der Waals surface area contributed by atoms with Gasteiger partial charge >= 0.3 is 0 Å². The average molecular weight is 273 g/mol. The minimum absolute atomic E-state index is 0.0384. The predicted molar refractivity (Wildman–Crippen MR) is 55.2 cm³/mol. The molecular weight excluding hydrogens is 265 g/mol. The van der Waals surface area contributed by atoms with Crippen molar-refractivity contribution in [3.05, 3.63) is 21.9 Å². The third-order valence-electron chi connectivity index (χ3n) is 1.73. The number of carbonyl (C=O) groups excluding carboxylic acids is 1. The molecule has 0 aliphatic heterocycles. The number of aliphatic hydroxyl groups excluding tert-OH is 1. The van der Waals surface area contributed by atoms with Crippen molar-refractivity contribution in [3.63, 3.8) is 0 Å². The first-order valence-corrected chi connectivity index (χ1v) is 4.96. The highest BCUT2D eigenvalue weighted by Gasteiger charge is 2.18. The van der Waals surface area contributed by atoms with Crippen LogP contribution in [0.3, 0.4) is 0 Å². The molecule has 90 valence electrons. The Morgan fingerprint density at radius 1 is 1.56 bits per heavy atom. The monoisotopic (exact) mass is 272 g/mol. The molecule has 0 saturated carbocycles. The minimum Gasteiger partial charge on any atom is -0.385 e. The summed E-state index contributed by atoms with van der Waals surface area (Å²) in [6.07, 6.45) is -4.80. The number of hydrogen-bond donors (Lipinski definition) is 3. The van der Waals surface area contributed by atoms with Crippen LogP contribution in [-0.4, -0.2) is 35.1 Å². The van der Waals surface area contributed by atoms with Gasteiger partial charge < -0.3 is 15.4 Å². The Morgan fingerprint density at radius 2 is 2.19 bits per heavy atom. The lowest BCUT2D eigenvalue weighted by Gasteiger charge is -2.09. The van der Waals surface area contributed by atoms with E-state index in [0.717, 1.165) is 0 Å². The maximum absolute atomic E-state index is 11.9. The lowest BCUT2D eigenvalue weighted by Crippen LogP contribution is -2.35. The molecule has 0 aliphatic rings. The molecule has 1 rings (SSSR count). The van der Waals surface area contributed by atoms with Gasteiger partial charge in [0.15, 0.2) is 0 Å². The highest BCUT2D eigenvalue weighted by molar-refractivity contribution is 6.41. The number of halogens is 4. The van der Waals surface area contributed by atoms with Gasteiger partial charge in [0.25, 0.3) is 12.3 Å². The number of aromatic amines is 1. The second-order valence-corrected chi connectivity index (χ2v) is 3.74. The SMILES string of the molecule is O=C(NCC(O)C(F)F)c1cc(Cl)c(Cl)[nH]1. The largest absolute Gasteiger partial charge is 0.385 e. The molecule has 0 bridgehead atoms. The molecule has 0 radical (unpaired) electrons. The van der Waals surface area contributed by atoms with Gasteiger partial charge in [0.05, 0.1) is 5.02 Å². The van der Waals surface area contributed by atoms with Gasteiger partial charge in [-0.1, -0.05) is 23.2 Å². The van der Waals surface area contributed by atoms with Gasteiger partial charge in [-0.25, -0.2) is 8.78 Å². The van der Waals surface area contributed by atoms with Crippen molar-refractivity contribution >= 4 is 29.1 Å². The van der Waals surface area contributed by atoms with Crippen LogP contribution in [0.5, 0.6) is 0 Å². The molecule has 0 aromatic carbocycles. The predicted octanol–water partition coefficient (Wildman–Crippen LogP) is 1.68. The van der Waals surface area contributed by atoms with E-state index in [9.17, 15) is 13.6 Å². The average Bonchev–Trinajstić information content (AvgIpc) is 2.55. The molecular formula is C8H8Cl2F2N2O2. The van der Waals surface area contributed by atoms with E-state index in [-0.39, 0.29) is 15.9 Å². The van der Waals surface area contributed by atoms with Crippen LogP contribution in [0.2, 0.25) is 10.2 Å². The van der Waals surface area contributed by atoms with E-state index in [4.69, 9.17) is 28.3 Å². The normalized spacial score (nSPS) is 12.9. The smallest absolute Gasteiger partial charge is 0.267 e. The molecule has 0 saturated heterocycles. The number of aromatic nitrogens is 1. The van der Waals surface area contributed by atoms with Crippen molar-refractivity contribution in [3.8, 4) is 0 Å². The maximum atomic E-state index is 11.9. The number of H-pyrrole nitrogens is 1. The summed E-state index contributed by atoms with van der Waals surface area (Å²) in [5.74, 6) is -0.673. The highest BCUT2D eigenvalue weighted by atomic mass is 35.5. The van der Waals surface area contributed by atoms with Crippen LogP contribution < -0.4 is 5.32 Å². The van der Waals surface area contributed by atoms with Gasteiger partial charge in [0.2, 0.25) is 0 Å². The first kappa shape index (κ1) is 13.2. The van der Waals surface area contributed by atoms with Crippen LogP contribution in [0.25, 0.3) is 0 Å². The van der Waals surface area contributed by atoms with E-state index in [1.54, 1.807) is 0 Å². The quantitative estimate of drug-likeness (QED) is 0.781. The van der Waals surface area contributed by atoms with E-state index < -0.39 is 25.0 Å². The van der Waals surface area contributed by atoms with E-state index in [2.05, 4.69) is 10.3 Å². The number of nitrogens with one attached hydrogen (secondary N) is 2. The van der Waals surface area contributed by atoms with Gasteiger partial charge in [0, 0.05) is 6.54 Å². The summed E-state index contributed by atoms with van der Waals surface area (Å²) in [5, 5.41) is 11.1. The Hall–Kier alpha value is -0.850. The van der Waals surface area contributed by atoms with Crippen LogP contribution in [-0.2, 0) is 0 Å². The van der Waals surface area contributed by atoms with E-state index in [0.29, 0.717) is 0 Å². The second kappa shape index (κ2) is 5.47. The zero-order chi connectivity index (χ0) is 12.3. The molecule has 16 heavy (non-hydrogen) atoms. The van der Waals surface area contributed by atoms with Crippen LogP contribution in [0.15, 0.2) is 6.07 Å². The molecule has 1 aromatic heterocycles. The summed E-state index contributed by atoms with van der Waals surface area (Å²) in [6, 6.07) is 1.26. The molecule has 3 N–H and O–H groups in total. The lowest BCUT2D eigenvalue weighted by atomic mass is 10.3. The standard InChI is InChI=1S/C8H8Cl2F2N2O2/c9-3-1-4(14-6(3)10)8(16)13-2-5(15)7(11)12/h1,5,7,14-15H,2H2,(H,13,16). The van der Waals surface area contributed by atoms with E-state index in [1.165, 1.54) is 6.07 Å². The van der Waals surface area contributed by atoms with Crippen LogP contribution in [0.4, 0.5) is 8.78 Å². The Kier molecular flexibility index (Phi) is 4.52. The molecule has 8 heteroatoms. The molecule has 0 aliphatic carbocycles. The van der Waals surface area contributed by atoms with Crippen molar-refractivity contribution in [1.29, 1.82) is 0 Å². The fraction of sp³-hybridized carbons (Fsp3) is 0.375. The zero-order valence-corrected chi connectivity index (χ0v) is 9.32. The zero-order valence-electron chi connectivity index (χ0n) is 7.81. The van der Waals surface area contributed by atoms with Gasteiger partial charge in [-0.15, -0.1) is 0 Å². The summed E-state index contributed by atoms with van der Waals surface area (Å²) in [7, 11) is 0. The summed E-state index contributed by atoms with van der Waals surface area (Å²) in [4.78, 5) is 13.8. The summed E-state index contributed by atoms with van der Waals surface area (Å²) < 4.78 is 23.8. The van der Waals surface area contributed by atoms with Gasteiger partial charge in [-0.2, -0.15) is 0 Å². The van der Waals surface area contributed by atoms with E-state index >= 15 is 0 Å². The highest BCUT2D eigenvalue weighted by Crippen LogP contribution is 2.21. The number of carbonyl (C=O) groups is 1. The Balaban J connectivity index is 2.53. The maximum Gasteiger partial charge on any atom is 0.267 e. The third-order valence-corrected chi connectivity index (χ3v) is 2.43. The van der Waals surface area contributed by atoms with Crippen molar-refractivity contribution in [2.75, 3.05) is 6.54 Å². The lowest BCUT2D eigenvalue weighted by molar-refractivity contribution is -0.00272. The van der Waals surface area contributed by atoms with Crippen molar-refractivity contribution in [2.24, 2.45) is 0 Å². The molecule has 1 amide bonds. The first-order chi connectivity index (χ1) is 7.41. The number of alkyl halides is 2. The molecule has 1 atom stereocenters. The fourth-order valence-corrected chi connectivity index (χ4v) is 1.22. The van der Waals surface area contributed by atoms with Crippen LogP contribution >= 0.6 is 23.2 Å². The van der Waals surface area contributed by atoms with Gasteiger partial charge in [-0.05, 0) is 6.07 Å². The molecule has 1 unspecified atom stereocenters. The van der Waals surface area contributed by atoms with Crippen molar-refractivity contribution < 1.29 is 18.7 Å². The van der Waals surface area contributed by atoms with Crippen LogP contribution in [0, 0.1) is 0 Å². The molecule has 1 aromatic rings. The summed E-state index contributed by atoms with van der Waals surface area (Å²) >= 11 is 11.1. The molecule has 0 fully saturated rings. The minimum atomic E-state index is -2.91.